The van der Waals surface area contributed by atoms with Crippen molar-refractivity contribution >= 4 is 28.1 Å². The molecule has 0 aliphatic heterocycles. The minimum absolute atomic E-state index is 0.831. The van der Waals surface area contributed by atoms with Gasteiger partial charge in [-0.05, 0) is 25.7 Å². The lowest BCUT2D eigenvalue weighted by atomic mass is 10.3. The molecule has 0 radical (unpaired) electrons. The Hall–Kier alpha value is 0.571. The van der Waals surface area contributed by atoms with Crippen LogP contribution in [-0.2, 0) is 8.23 Å². The molecular weight excluding hydrogens is 212 g/mol. The number of hydrogen-bond acceptors (Lipinski definition) is 2. The van der Waals surface area contributed by atoms with Gasteiger partial charge in [-0.2, -0.15) is 0 Å². The Morgan fingerprint density at radius 2 is 1.92 bits per heavy atom. The largest absolute Gasteiger partial charge is 0.447 e. The third-order valence-corrected chi connectivity index (χ3v) is 10.3. The molecule has 0 saturated carbocycles. The lowest BCUT2D eigenvalue weighted by Crippen LogP contribution is -2.37. The fraction of sp³-hybridized carbons (Fsp3) is 1.00. The Labute approximate surface area is 88.5 Å². The molecular formula is C8H24O2Si3. The lowest BCUT2D eigenvalue weighted by Gasteiger charge is -2.26. The van der Waals surface area contributed by atoms with Gasteiger partial charge in [0.15, 0.2) is 8.32 Å². The van der Waals surface area contributed by atoms with Gasteiger partial charge in [0.2, 0.25) is 0 Å². The van der Waals surface area contributed by atoms with Crippen molar-refractivity contribution in [1.82, 2.24) is 0 Å². The predicted molar refractivity (Wildman–Crippen MR) is 66.9 cm³/mol. The van der Waals surface area contributed by atoms with Gasteiger partial charge in [-0.1, -0.05) is 26.2 Å². The van der Waals surface area contributed by atoms with E-state index in [0.717, 1.165) is 10.5 Å². The summed E-state index contributed by atoms with van der Waals surface area (Å²) in [5.74, 6) is 0. The summed E-state index contributed by atoms with van der Waals surface area (Å²) in [5.41, 5.74) is 0. The Balaban J connectivity index is 3.65. The number of rotatable bonds is 7. The zero-order valence-corrected chi connectivity index (χ0v) is 13.9. The van der Waals surface area contributed by atoms with Crippen molar-refractivity contribution in [1.29, 1.82) is 0 Å². The van der Waals surface area contributed by atoms with Crippen molar-refractivity contribution in [2.24, 2.45) is 0 Å². The van der Waals surface area contributed by atoms with Crippen LogP contribution in [0.1, 0.15) is 26.2 Å². The molecule has 0 amide bonds. The highest BCUT2D eigenvalue weighted by molar-refractivity contribution is 6.77. The van der Waals surface area contributed by atoms with Gasteiger partial charge in [0, 0.05) is 0 Å². The Morgan fingerprint density at radius 3 is 2.38 bits per heavy atom. The van der Waals surface area contributed by atoms with Crippen LogP contribution in [0.15, 0.2) is 0 Å². The van der Waals surface area contributed by atoms with Crippen molar-refractivity contribution in [3.63, 3.8) is 0 Å². The van der Waals surface area contributed by atoms with Crippen LogP contribution in [0, 0.1) is 0 Å². The van der Waals surface area contributed by atoms with Gasteiger partial charge in [-0.15, -0.1) is 0 Å². The smallest absolute Gasteiger partial charge is 0.297 e. The van der Waals surface area contributed by atoms with Gasteiger partial charge in [0.25, 0.3) is 9.28 Å². The summed E-state index contributed by atoms with van der Waals surface area (Å²) in [6, 6.07) is 1.29. The van der Waals surface area contributed by atoms with E-state index in [9.17, 15) is 0 Å². The highest BCUT2D eigenvalue weighted by atomic mass is 28.4. The zero-order chi connectivity index (χ0) is 10.3. The summed E-state index contributed by atoms with van der Waals surface area (Å²) in [6.45, 7) is 9.01. The molecule has 0 fully saturated rings. The molecule has 0 aromatic rings. The molecule has 2 nitrogen and oxygen atoms in total. The second-order valence-corrected chi connectivity index (χ2v) is 12.1. The molecule has 0 heterocycles. The van der Waals surface area contributed by atoms with E-state index in [1.807, 2.05) is 0 Å². The van der Waals surface area contributed by atoms with Gasteiger partial charge in [0.05, 0.1) is 0 Å². The van der Waals surface area contributed by atoms with Crippen molar-refractivity contribution in [2.75, 3.05) is 0 Å². The molecule has 0 aromatic heterocycles. The average Bonchev–Trinajstić information content (AvgIpc) is 2.03. The maximum absolute atomic E-state index is 6.02. The first-order valence-electron chi connectivity index (χ1n) is 5.22. The normalized spacial score (nSPS) is 14.8. The van der Waals surface area contributed by atoms with E-state index in [1.54, 1.807) is 0 Å². The second-order valence-electron chi connectivity index (χ2n) is 4.14. The topological polar surface area (TPSA) is 18.5 Å². The first-order valence-corrected chi connectivity index (χ1v) is 11.3. The average molecular weight is 237 g/mol. The number of unbranched alkanes of at least 4 members (excludes halogenated alkanes) is 2. The minimum atomic E-state index is -1.37. The molecule has 0 rings (SSSR count). The lowest BCUT2D eigenvalue weighted by molar-refractivity contribution is 0.445. The summed E-state index contributed by atoms with van der Waals surface area (Å²) < 4.78 is 11.4. The molecule has 0 aliphatic carbocycles. The summed E-state index contributed by atoms with van der Waals surface area (Å²) in [7, 11) is -1.77. The van der Waals surface area contributed by atoms with E-state index in [1.165, 1.54) is 25.3 Å². The third kappa shape index (κ3) is 7.63. The molecule has 0 aliphatic rings. The van der Waals surface area contributed by atoms with Gasteiger partial charge >= 0.3 is 0 Å². The Bertz CT molecular complexity index is 131. The molecule has 1 atom stereocenters. The molecule has 0 aromatic carbocycles. The van der Waals surface area contributed by atoms with Crippen molar-refractivity contribution in [2.45, 2.75) is 51.9 Å². The van der Waals surface area contributed by atoms with Crippen molar-refractivity contribution < 1.29 is 8.23 Å². The van der Waals surface area contributed by atoms with Crippen LogP contribution in [0.2, 0.25) is 25.7 Å². The fourth-order valence-electron chi connectivity index (χ4n) is 1.36. The summed E-state index contributed by atoms with van der Waals surface area (Å²) in [5, 5.41) is 0. The van der Waals surface area contributed by atoms with Gasteiger partial charge in [-0.3, -0.25) is 0 Å². The first kappa shape index (κ1) is 13.6. The van der Waals surface area contributed by atoms with E-state index in [-0.39, 0.29) is 0 Å². The van der Waals surface area contributed by atoms with E-state index in [4.69, 9.17) is 8.23 Å². The maximum atomic E-state index is 6.02. The van der Waals surface area contributed by atoms with E-state index >= 15 is 0 Å². The zero-order valence-electron chi connectivity index (χ0n) is 9.72. The van der Waals surface area contributed by atoms with E-state index in [2.05, 4.69) is 26.6 Å². The van der Waals surface area contributed by atoms with Crippen LogP contribution in [0.3, 0.4) is 0 Å². The van der Waals surface area contributed by atoms with Gasteiger partial charge < -0.3 is 8.23 Å². The third-order valence-electron chi connectivity index (χ3n) is 2.20. The van der Waals surface area contributed by atoms with Crippen LogP contribution < -0.4 is 0 Å². The molecule has 0 spiro atoms. The van der Waals surface area contributed by atoms with Crippen LogP contribution in [0.5, 0.6) is 0 Å². The van der Waals surface area contributed by atoms with Gasteiger partial charge in [0.1, 0.15) is 10.5 Å². The summed E-state index contributed by atoms with van der Waals surface area (Å²) in [6.07, 6.45) is 3.98. The monoisotopic (exact) mass is 236 g/mol. The highest BCUT2D eigenvalue weighted by Crippen LogP contribution is 2.16. The SMILES string of the molecule is CCCCC[Si](C)(C)O[SiH](C)O[SiH3]. The molecule has 80 valence electrons. The maximum Gasteiger partial charge on any atom is 0.297 e. The molecule has 0 N–H and O–H groups in total. The number of hydrogen-bond donors (Lipinski definition) is 0. The predicted octanol–water partition coefficient (Wildman–Crippen LogP) is 1.55. The molecule has 1 unspecified atom stereocenters. The van der Waals surface area contributed by atoms with E-state index in [0.29, 0.717) is 0 Å². The van der Waals surface area contributed by atoms with Crippen LogP contribution in [0.4, 0.5) is 0 Å². The molecule has 0 bridgehead atoms. The second kappa shape index (κ2) is 6.94. The molecule has 13 heavy (non-hydrogen) atoms. The molecule has 5 heteroatoms. The minimum Gasteiger partial charge on any atom is -0.447 e. The highest BCUT2D eigenvalue weighted by Gasteiger charge is 2.24. The van der Waals surface area contributed by atoms with Gasteiger partial charge in [-0.25, -0.2) is 0 Å². The van der Waals surface area contributed by atoms with Crippen molar-refractivity contribution in [3.8, 4) is 0 Å². The Morgan fingerprint density at radius 1 is 1.31 bits per heavy atom. The quantitative estimate of drug-likeness (QED) is 0.493. The summed E-state index contributed by atoms with van der Waals surface area (Å²) >= 11 is 0. The standard InChI is InChI=1S/C8H24O2Si3/c1-5-6-7-8-13(3,4)10-12(2)9-11/h12H,5-8H2,1-4,11H3. The van der Waals surface area contributed by atoms with Crippen molar-refractivity contribution in [3.05, 3.63) is 0 Å². The Kier molecular flexibility index (Phi) is 7.25. The fourth-order valence-corrected chi connectivity index (χ4v) is 7.78. The van der Waals surface area contributed by atoms with Crippen LogP contribution in [-0.4, -0.2) is 28.1 Å². The summed E-state index contributed by atoms with van der Waals surface area (Å²) in [4.78, 5) is 0. The van der Waals surface area contributed by atoms with Crippen LogP contribution in [0.25, 0.3) is 0 Å². The first-order chi connectivity index (χ1) is 6.02. The van der Waals surface area contributed by atoms with Crippen LogP contribution >= 0.6 is 0 Å². The van der Waals surface area contributed by atoms with E-state index < -0.39 is 17.6 Å². The molecule has 0 saturated heterocycles.